The van der Waals surface area contributed by atoms with Crippen molar-refractivity contribution in [3.63, 3.8) is 0 Å². The van der Waals surface area contributed by atoms with Crippen LogP contribution in [0, 0.1) is 6.92 Å². The second-order valence-electron chi connectivity index (χ2n) is 4.23. The summed E-state index contributed by atoms with van der Waals surface area (Å²) in [5, 5.41) is 3.03. The Hall–Kier alpha value is -2.01. The summed E-state index contributed by atoms with van der Waals surface area (Å²) in [6.45, 7) is 4.69. The molecule has 0 aliphatic carbocycles. The lowest BCUT2D eigenvalue weighted by Crippen LogP contribution is -2.07. The molecule has 100 valence electrons. The highest BCUT2D eigenvalue weighted by molar-refractivity contribution is 5.32. The highest BCUT2D eigenvalue weighted by Crippen LogP contribution is 2.23. The number of pyridine rings is 1. The Labute approximate surface area is 113 Å². The summed E-state index contributed by atoms with van der Waals surface area (Å²) in [6, 6.07) is 3.85. The van der Waals surface area contributed by atoms with Crippen LogP contribution in [0.3, 0.4) is 0 Å². The van der Waals surface area contributed by atoms with Crippen molar-refractivity contribution < 1.29 is 4.74 Å². The molecule has 0 spiro atoms. The maximum atomic E-state index is 5.78. The maximum Gasteiger partial charge on any atom is 0.238 e. The lowest BCUT2D eigenvalue weighted by atomic mass is 10.2. The van der Waals surface area contributed by atoms with E-state index in [-0.39, 0.29) is 0 Å². The molecule has 1 N–H and O–H groups in total. The van der Waals surface area contributed by atoms with Crippen molar-refractivity contribution in [2.24, 2.45) is 0 Å². The molecular weight excluding hydrogens is 240 g/mol. The van der Waals surface area contributed by atoms with E-state index in [1.54, 1.807) is 12.4 Å². The quantitative estimate of drug-likeness (QED) is 0.891. The van der Waals surface area contributed by atoms with Crippen molar-refractivity contribution in [1.82, 2.24) is 20.3 Å². The first-order valence-electron chi connectivity index (χ1n) is 6.32. The van der Waals surface area contributed by atoms with E-state index >= 15 is 0 Å². The van der Waals surface area contributed by atoms with Crippen LogP contribution in [0.15, 0.2) is 24.5 Å². The monoisotopic (exact) mass is 258 g/mol. The molecule has 0 amide bonds. The fourth-order valence-electron chi connectivity index (χ4n) is 1.76. The van der Waals surface area contributed by atoms with Crippen molar-refractivity contribution >= 4 is 0 Å². The van der Waals surface area contributed by atoms with Crippen LogP contribution in [0.5, 0.6) is 11.6 Å². The predicted octanol–water partition coefficient (Wildman–Crippen LogP) is 2.25. The molecule has 2 aromatic rings. The molecule has 0 saturated carbocycles. The zero-order valence-electron chi connectivity index (χ0n) is 11.5. The molecule has 5 nitrogen and oxygen atoms in total. The van der Waals surface area contributed by atoms with Gasteiger partial charge in [-0.25, -0.2) is 4.98 Å². The molecule has 0 saturated heterocycles. The lowest BCUT2D eigenvalue weighted by molar-refractivity contribution is 0.448. The van der Waals surface area contributed by atoms with Crippen LogP contribution < -0.4 is 10.1 Å². The summed E-state index contributed by atoms with van der Waals surface area (Å²) in [5.41, 5.74) is 2.76. The summed E-state index contributed by atoms with van der Waals surface area (Å²) >= 11 is 0. The summed E-state index contributed by atoms with van der Waals surface area (Å²) in [5.74, 6) is 1.23. The van der Waals surface area contributed by atoms with Gasteiger partial charge < -0.3 is 10.1 Å². The number of nitrogens with zero attached hydrogens (tertiary/aromatic N) is 3. The second kappa shape index (κ2) is 6.24. The number of rotatable bonds is 5. The highest BCUT2D eigenvalue weighted by Gasteiger charge is 2.07. The molecule has 2 aromatic heterocycles. The van der Waals surface area contributed by atoms with Crippen LogP contribution >= 0.6 is 0 Å². The van der Waals surface area contributed by atoms with Gasteiger partial charge in [0.2, 0.25) is 5.88 Å². The number of nitrogens with one attached hydrogen (secondary N) is 1. The van der Waals surface area contributed by atoms with Gasteiger partial charge in [-0.05, 0) is 32.5 Å². The van der Waals surface area contributed by atoms with E-state index in [4.69, 9.17) is 4.74 Å². The van der Waals surface area contributed by atoms with Gasteiger partial charge in [0.1, 0.15) is 0 Å². The summed E-state index contributed by atoms with van der Waals surface area (Å²) in [6.07, 6.45) is 4.15. The van der Waals surface area contributed by atoms with Crippen LogP contribution in [0.25, 0.3) is 0 Å². The molecule has 2 rings (SSSR count). The lowest BCUT2D eigenvalue weighted by Gasteiger charge is -2.09. The minimum atomic E-state index is 0.494. The Balaban J connectivity index is 2.23. The summed E-state index contributed by atoms with van der Waals surface area (Å²) < 4.78 is 5.78. The first kappa shape index (κ1) is 13.4. The molecule has 0 bridgehead atoms. The van der Waals surface area contributed by atoms with Crippen molar-refractivity contribution in [3.8, 4) is 11.6 Å². The molecule has 19 heavy (non-hydrogen) atoms. The van der Waals surface area contributed by atoms with Crippen LogP contribution in [-0.2, 0) is 13.0 Å². The number of ether oxygens (including phenoxy) is 1. The number of hydrogen-bond acceptors (Lipinski definition) is 5. The van der Waals surface area contributed by atoms with Crippen molar-refractivity contribution in [1.29, 1.82) is 0 Å². The molecule has 0 fully saturated rings. The van der Waals surface area contributed by atoms with E-state index in [1.807, 2.05) is 26.1 Å². The third kappa shape index (κ3) is 3.48. The fraction of sp³-hybridized carbons (Fsp3) is 0.357. The highest BCUT2D eigenvalue weighted by atomic mass is 16.5. The smallest absolute Gasteiger partial charge is 0.238 e. The van der Waals surface area contributed by atoms with Gasteiger partial charge in [-0.15, -0.1) is 0 Å². The molecule has 0 aliphatic heterocycles. The Morgan fingerprint density at radius 3 is 2.79 bits per heavy atom. The van der Waals surface area contributed by atoms with Crippen LogP contribution in [0.1, 0.15) is 24.0 Å². The summed E-state index contributed by atoms with van der Waals surface area (Å²) in [4.78, 5) is 13.0. The van der Waals surface area contributed by atoms with Gasteiger partial charge >= 0.3 is 0 Å². The molecule has 0 unspecified atom stereocenters. The second-order valence-corrected chi connectivity index (χ2v) is 4.23. The number of aryl methyl sites for hydroxylation is 2. The third-order valence-corrected chi connectivity index (χ3v) is 2.64. The minimum Gasteiger partial charge on any atom is -0.436 e. The molecule has 0 aromatic carbocycles. The van der Waals surface area contributed by atoms with Gasteiger partial charge in [-0.1, -0.05) is 6.92 Å². The number of aromatic nitrogens is 3. The Kier molecular flexibility index (Phi) is 4.41. The van der Waals surface area contributed by atoms with E-state index in [9.17, 15) is 0 Å². The van der Waals surface area contributed by atoms with E-state index in [0.29, 0.717) is 12.4 Å². The number of hydrogen-bond donors (Lipinski definition) is 1. The van der Waals surface area contributed by atoms with E-state index in [1.165, 1.54) is 0 Å². The van der Waals surface area contributed by atoms with E-state index < -0.39 is 0 Å². The van der Waals surface area contributed by atoms with Gasteiger partial charge in [0.05, 0.1) is 17.6 Å². The van der Waals surface area contributed by atoms with Gasteiger partial charge in [-0.2, -0.15) is 0 Å². The standard InChI is InChI=1S/C14H18N4O/c1-4-12-13(6-5-10(2)17-12)19-14-9-16-8-11(18-14)7-15-3/h5-6,8-9,15H,4,7H2,1-3H3. The maximum absolute atomic E-state index is 5.78. The summed E-state index contributed by atoms with van der Waals surface area (Å²) in [7, 11) is 1.87. The van der Waals surface area contributed by atoms with Gasteiger partial charge in [-0.3, -0.25) is 9.97 Å². The zero-order valence-corrected chi connectivity index (χ0v) is 11.5. The normalized spacial score (nSPS) is 10.5. The Morgan fingerprint density at radius 2 is 2.05 bits per heavy atom. The Bertz CT molecular complexity index is 557. The van der Waals surface area contributed by atoms with Gasteiger partial charge in [0.25, 0.3) is 0 Å². The molecular formula is C14H18N4O. The average molecular weight is 258 g/mol. The first-order chi connectivity index (χ1) is 9.22. The van der Waals surface area contributed by atoms with Crippen molar-refractivity contribution in [2.75, 3.05) is 7.05 Å². The minimum absolute atomic E-state index is 0.494. The molecule has 0 aliphatic rings. The molecule has 0 atom stereocenters. The molecule has 5 heteroatoms. The van der Waals surface area contributed by atoms with Crippen LogP contribution in [-0.4, -0.2) is 22.0 Å². The van der Waals surface area contributed by atoms with Crippen molar-refractivity contribution in [3.05, 3.63) is 41.6 Å². The van der Waals surface area contributed by atoms with E-state index in [0.717, 1.165) is 29.3 Å². The average Bonchev–Trinajstić information content (AvgIpc) is 2.41. The Morgan fingerprint density at radius 1 is 1.21 bits per heavy atom. The zero-order chi connectivity index (χ0) is 13.7. The van der Waals surface area contributed by atoms with E-state index in [2.05, 4.69) is 27.2 Å². The van der Waals surface area contributed by atoms with Crippen LogP contribution in [0.2, 0.25) is 0 Å². The van der Waals surface area contributed by atoms with Gasteiger partial charge in [0, 0.05) is 18.4 Å². The topological polar surface area (TPSA) is 59.9 Å². The first-order valence-corrected chi connectivity index (χ1v) is 6.32. The van der Waals surface area contributed by atoms with Crippen LogP contribution in [0.4, 0.5) is 0 Å². The predicted molar refractivity (Wildman–Crippen MR) is 73.2 cm³/mol. The SMILES string of the molecule is CCc1nc(C)ccc1Oc1cncc(CNC)n1. The fourth-order valence-corrected chi connectivity index (χ4v) is 1.76. The van der Waals surface area contributed by atoms with Gasteiger partial charge in [0.15, 0.2) is 5.75 Å². The third-order valence-electron chi connectivity index (χ3n) is 2.64. The van der Waals surface area contributed by atoms with Crippen molar-refractivity contribution in [2.45, 2.75) is 26.8 Å². The molecule has 0 radical (unpaired) electrons. The largest absolute Gasteiger partial charge is 0.436 e. The molecule has 2 heterocycles.